The first-order valence-electron chi connectivity index (χ1n) is 5.99. The molecule has 0 aromatic heterocycles. The Hall–Kier alpha value is -2.54. The fourth-order valence-corrected chi connectivity index (χ4v) is 3.23. The lowest BCUT2D eigenvalue weighted by Gasteiger charge is -2.11. The third-order valence-corrected chi connectivity index (χ3v) is 4.79. The third-order valence-electron chi connectivity index (χ3n) is 3.12. The van der Waals surface area contributed by atoms with Crippen molar-refractivity contribution in [2.24, 2.45) is 11.5 Å². The number of amides is 2. The summed E-state index contributed by atoms with van der Waals surface area (Å²) < 4.78 is 63.4. The first-order chi connectivity index (χ1) is 10.8. The van der Waals surface area contributed by atoms with Crippen molar-refractivity contribution in [2.45, 2.75) is 9.79 Å². The molecule has 2 aromatic carbocycles. The Labute approximate surface area is 135 Å². The van der Waals surface area contributed by atoms with E-state index in [0.29, 0.717) is 0 Å². The zero-order chi connectivity index (χ0) is 18.4. The molecule has 6 N–H and O–H groups in total. The molecule has 0 saturated heterocycles. The van der Waals surface area contributed by atoms with Gasteiger partial charge in [-0.05, 0) is 29.7 Å². The quantitative estimate of drug-likeness (QED) is 0.515. The number of hydrogen-bond acceptors (Lipinski definition) is 6. The lowest BCUT2D eigenvalue weighted by Crippen LogP contribution is -2.18. The number of primary amides is 2. The largest absolute Gasteiger partial charge is 0.366 e. The summed E-state index contributed by atoms with van der Waals surface area (Å²) in [5, 5.41) is -0.474. The van der Waals surface area contributed by atoms with Gasteiger partial charge in [0, 0.05) is 16.5 Å². The zero-order valence-corrected chi connectivity index (χ0v) is 13.3. The Kier molecular flexibility index (Phi) is 4.10. The van der Waals surface area contributed by atoms with Gasteiger partial charge in [0.15, 0.2) is 0 Å². The maximum Gasteiger partial charge on any atom is 0.294 e. The summed E-state index contributed by atoms with van der Waals surface area (Å²) in [4.78, 5) is 21.6. The Morgan fingerprint density at radius 2 is 1.08 bits per heavy atom. The Bertz CT molecular complexity index is 1020. The first kappa shape index (κ1) is 17.8. The molecule has 0 heterocycles. The molecular weight excluding hydrogens is 364 g/mol. The smallest absolute Gasteiger partial charge is 0.294 e. The second kappa shape index (κ2) is 5.52. The van der Waals surface area contributed by atoms with E-state index in [1.165, 1.54) is 0 Å². The summed E-state index contributed by atoms with van der Waals surface area (Å²) in [5.74, 6) is -2.29. The van der Waals surface area contributed by atoms with Crippen molar-refractivity contribution >= 4 is 42.8 Å². The van der Waals surface area contributed by atoms with Gasteiger partial charge in [-0.15, -0.1) is 0 Å². The topological polar surface area (TPSA) is 195 Å². The first-order valence-corrected chi connectivity index (χ1v) is 8.87. The number of rotatable bonds is 4. The average Bonchev–Trinajstić information content (AvgIpc) is 2.42. The summed E-state index contributed by atoms with van der Waals surface area (Å²) in [7, 11) is -9.54. The van der Waals surface area contributed by atoms with E-state index in [-0.39, 0.29) is 10.8 Å². The molecule has 0 aliphatic rings. The van der Waals surface area contributed by atoms with Gasteiger partial charge in [-0.1, -0.05) is 0 Å². The van der Waals surface area contributed by atoms with Gasteiger partial charge in [-0.2, -0.15) is 16.8 Å². The van der Waals surface area contributed by atoms with Gasteiger partial charge in [0.1, 0.15) is 0 Å². The maximum atomic E-state index is 11.6. The molecule has 0 unspecified atom stereocenters. The van der Waals surface area contributed by atoms with E-state index in [1.54, 1.807) is 0 Å². The third kappa shape index (κ3) is 3.21. The van der Waals surface area contributed by atoms with Crippen LogP contribution in [0.3, 0.4) is 0 Å². The summed E-state index contributed by atoms with van der Waals surface area (Å²) in [6.45, 7) is 0. The van der Waals surface area contributed by atoms with Gasteiger partial charge in [-0.25, -0.2) is 0 Å². The number of nitrogens with two attached hydrogens (primary N) is 2. The number of carbonyl (C=O) groups is 2. The van der Waals surface area contributed by atoms with Crippen LogP contribution in [-0.4, -0.2) is 37.8 Å². The minimum atomic E-state index is -4.77. The summed E-state index contributed by atoms with van der Waals surface area (Å²) >= 11 is 0. The molecule has 128 valence electrons. The molecule has 0 aliphatic carbocycles. The highest BCUT2D eigenvalue weighted by Crippen LogP contribution is 2.29. The SMILES string of the molecule is NC(=O)c1cc(S(=O)(=O)O)cc2cc(S(=O)(=O)O)cc(C(N)=O)c12. The van der Waals surface area contributed by atoms with Crippen LogP contribution < -0.4 is 11.5 Å². The zero-order valence-electron chi connectivity index (χ0n) is 11.6. The van der Waals surface area contributed by atoms with Crippen LogP contribution in [0, 0.1) is 0 Å². The van der Waals surface area contributed by atoms with Crippen LogP contribution in [0.25, 0.3) is 10.8 Å². The van der Waals surface area contributed by atoms with Crippen LogP contribution in [0.4, 0.5) is 0 Å². The second-order valence-electron chi connectivity index (χ2n) is 4.72. The monoisotopic (exact) mass is 374 g/mol. The van der Waals surface area contributed by atoms with Crippen molar-refractivity contribution in [3.05, 3.63) is 35.4 Å². The summed E-state index contributed by atoms with van der Waals surface area (Å²) in [6, 6.07) is 3.05. The Morgan fingerprint density at radius 1 is 0.750 bits per heavy atom. The molecule has 12 heteroatoms. The molecule has 0 aliphatic heterocycles. The van der Waals surface area contributed by atoms with E-state index in [4.69, 9.17) is 20.6 Å². The highest BCUT2D eigenvalue weighted by molar-refractivity contribution is 7.86. The van der Waals surface area contributed by atoms with Crippen molar-refractivity contribution in [3.8, 4) is 0 Å². The van der Waals surface area contributed by atoms with Gasteiger partial charge in [-0.3, -0.25) is 18.7 Å². The van der Waals surface area contributed by atoms with Crippen LogP contribution in [-0.2, 0) is 20.2 Å². The minimum Gasteiger partial charge on any atom is -0.366 e. The van der Waals surface area contributed by atoms with Crippen LogP contribution in [0.15, 0.2) is 34.1 Å². The summed E-state index contributed by atoms with van der Waals surface area (Å²) in [5.41, 5.74) is 9.35. The molecule has 0 saturated carbocycles. The van der Waals surface area contributed by atoms with Gasteiger partial charge in [0.25, 0.3) is 20.2 Å². The lowest BCUT2D eigenvalue weighted by atomic mass is 9.98. The van der Waals surface area contributed by atoms with Crippen molar-refractivity contribution in [1.29, 1.82) is 0 Å². The van der Waals surface area contributed by atoms with Gasteiger partial charge < -0.3 is 11.5 Å². The average molecular weight is 374 g/mol. The number of hydrogen-bond donors (Lipinski definition) is 4. The molecule has 2 rings (SSSR count). The van der Waals surface area contributed by atoms with Crippen molar-refractivity contribution < 1.29 is 35.5 Å². The van der Waals surface area contributed by atoms with Crippen LogP contribution in [0.5, 0.6) is 0 Å². The highest BCUT2D eigenvalue weighted by Gasteiger charge is 2.23. The van der Waals surface area contributed by atoms with Crippen LogP contribution >= 0.6 is 0 Å². The van der Waals surface area contributed by atoms with E-state index in [9.17, 15) is 26.4 Å². The van der Waals surface area contributed by atoms with E-state index in [2.05, 4.69) is 0 Å². The van der Waals surface area contributed by atoms with E-state index in [0.717, 1.165) is 24.3 Å². The molecule has 0 bridgehead atoms. The normalized spacial score (nSPS) is 12.2. The predicted octanol–water partition coefficient (Wildman–Crippen LogP) is -0.469. The maximum absolute atomic E-state index is 11.6. The number of benzene rings is 2. The van der Waals surface area contributed by atoms with Gasteiger partial charge in [0.2, 0.25) is 11.8 Å². The lowest BCUT2D eigenvalue weighted by molar-refractivity contribution is 0.0998. The van der Waals surface area contributed by atoms with E-state index < -0.39 is 53.0 Å². The predicted molar refractivity (Wildman–Crippen MR) is 80.6 cm³/mol. The molecular formula is C12H10N2O8S2. The molecule has 10 nitrogen and oxygen atoms in total. The highest BCUT2D eigenvalue weighted by atomic mass is 32.2. The molecule has 2 aromatic rings. The standard InChI is InChI=1S/C12H10N2O8S2/c13-11(15)8-3-6(23(17,18)19)1-5-2-7(24(20,21)22)4-9(10(5)8)12(14)16/h1-4H,(H2,13,15)(H2,14,16)(H,17,18,19)(H,20,21,22). The Morgan fingerprint density at radius 3 is 1.33 bits per heavy atom. The summed E-state index contributed by atoms with van der Waals surface area (Å²) in [6.07, 6.45) is 0. The molecule has 0 fully saturated rings. The minimum absolute atomic E-state index is 0.213. The van der Waals surface area contributed by atoms with Gasteiger partial charge >= 0.3 is 0 Å². The van der Waals surface area contributed by atoms with E-state index in [1.807, 2.05) is 0 Å². The van der Waals surface area contributed by atoms with Gasteiger partial charge in [0.05, 0.1) is 9.79 Å². The van der Waals surface area contributed by atoms with Crippen LogP contribution in [0.2, 0.25) is 0 Å². The van der Waals surface area contributed by atoms with Crippen molar-refractivity contribution in [3.63, 3.8) is 0 Å². The molecule has 0 spiro atoms. The fourth-order valence-electron chi connectivity index (χ4n) is 2.15. The van der Waals surface area contributed by atoms with E-state index >= 15 is 0 Å². The van der Waals surface area contributed by atoms with Crippen molar-refractivity contribution in [1.82, 2.24) is 0 Å². The van der Waals surface area contributed by atoms with Crippen molar-refractivity contribution in [2.75, 3.05) is 0 Å². The molecule has 2 amide bonds. The Balaban J connectivity index is 3.14. The second-order valence-corrected chi connectivity index (χ2v) is 7.56. The number of carbonyl (C=O) groups excluding carboxylic acids is 2. The molecule has 24 heavy (non-hydrogen) atoms. The fraction of sp³-hybridized carbons (Fsp3) is 0. The number of fused-ring (bicyclic) bond motifs is 1. The molecule has 0 atom stereocenters. The van der Waals surface area contributed by atoms with Crippen LogP contribution in [0.1, 0.15) is 20.7 Å². The molecule has 0 radical (unpaired) electrons.